The summed E-state index contributed by atoms with van der Waals surface area (Å²) in [5, 5.41) is 11.8. The summed E-state index contributed by atoms with van der Waals surface area (Å²) in [7, 11) is 1.63. The van der Waals surface area contributed by atoms with E-state index in [0.29, 0.717) is 17.4 Å². The van der Waals surface area contributed by atoms with Crippen LogP contribution in [0, 0.1) is 5.92 Å². The fourth-order valence-electron chi connectivity index (χ4n) is 1.92. The van der Waals surface area contributed by atoms with E-state index >= 15 is 0 Å². The molecule has 2 N–H and O–H groups in total. The minimum atomic E-state index is 0.655. The van der Waals surface area contributed by atoms with E-state index < -0.39 is 0 Å². The molecular weight excluding hydrogens is 230 g/mol. The van der Waals surface area contributed by atoms with Crippen molar-refractivity contribution >= 4 is 5.69 Å². The maximum Gasteiger partial charge on any atom is 0.184 e. The number of nitrogens with two attached hydrogens (primary N) is 1. The van der Waals surface area contributed by atoms with Gasteiger partial charge in [-0.2, -0.15) is 0 Å². The molecule has 0 aliphatic heterocycles. The smallest absolute Gasteiger partial charge is 0.184 e. The molecule has 6 nitrogen and oxygen atoms in total. The number of ether oxygens (including phenoxy) is 1. The molecule has 1 heterocycles. The number of hydrogen-bond acceptors (Lipinski definition) is 5. The molecule has 1 aliphatic rings. The molecule has 0 unspecified atom stereocenters. The lowest BCUT2D eigenvalue weighted by molar-refractivity contribution is 0.415. The van der Waals surface area contributed by atoms with E-state index in [2.05, 4.69) is 15.5 Å². The van der Waals surface area contributed by atoms with E-state index in [4.69, 9.17) is 10.5 Å². The molecule has 18 heavy (non-hydrogen) atoms. The molecule has 1 aromatic heterocycles. The van der Waals surface area contributed by atoms with Crippen LogP contribution in [0.4, 0.5) is 5.69 Å². The molecule has 1 fully saturated rings. The molecule has 0 spiro atoms. The summed E-state index contributed by atoms with van der Waals surface area (Å²) in [5.74, 6) is 2.16. The monoisotopic (exact) mass is 245 g/mol. The third-order valence-corrected chi connectivity index (χ3v) is 3.16. The summed E-state index contributed by atoms with van der Waals surface area (Å²) < 4.78 is 7.03. The molecule has 1 aliphatic carbocycles. The van der Waals surface area contributed by atoms with Crippen LogP contribution in [0.2, 0.25) is 0 Å². The molecule has 6 heteroatoms. The molecule has 94 valence electrons. The van der Waals surface area contributed by atoms with Gasteiger partial charge in [0.2, 0.25) is 0 Å². The van der Waals surface area contributed by atoms with E-state index in [0.717, 1.165) is 17.9 Å². The largest absolute Gasteiger partial charge is 0.497 e. The van der Waals surface area contributed by atoms with E-state index in [-0.39, 0.29) is 0 Å². The Hall–Kier alpha value is -2.11. The SMILES string of the molecule is COc1ccc(N)c(-c2nnnn2CC2CC2)c1. The highest BCUT2D eigenvalue weighted by atomic mass is 16.5. The van der Waals surface area contributed by atoms with E-state index in [1.807, 2.05) is 22.9 Å². The van der Waals surface area contributed by atoms with Crippen LogP contribution in [0.5, 0.6) is 5.75 Å². The van der Waals surface area contributed by atoms with Gasteiger partial charge in [-0.3, -0.25) is 0 Å². The van der Waals surface area contributed by atoms with Crippen LogP contribution in [0.25, 0.3) is 11.4 Å². The average Bonchev–Trinajstić information content (AvgIpc) is 3.07. The molecule has 0 bridgehead atoms. The van der Waals surface area contributed by atoms with Crippen molar-refractivity contribution < 1.29 is 4.74 Å². The first-order valence-electron chi connectivity index (χ1n) is 5.98. The second-order valence-electron chi connectivity index (χ2n) is 4.58. The lowest BCUT2D eigenvalue weighted by Gasteiger charge is -2.08. The summed E-state index contributed by atoms with van der Waals surface area (Å²) in [6.07, 6.45) is 2.51. The maximum atomic E-state index is 5.99. The number of nitrogens with zero attached hydrogens (tertiary/aromatic N) is 4. The third kappa shape index (κ3) is 2.01. The predicted octanol–water partition coefficient (Wildman–Crippen LogP) is 1.34. The number of benzene rings is 1. The summed E-state index contributed by atoms with van der Waals surface area (Å²) in [6.45, 7) is 0.860. The van der Waals surface area contributed by atoms with E-state index in [9.17, 15) is 0 Å². The summed E-state index contributed by atoms with van der Waals surface area (Å²) >= 11 is 0. The molecule has 0 saturated heterocycles. The van der Waals surface area contributed by atoms with Gasteiger partial charge in [0.15, 0.2) is 5.82 Å². The fourth-order valence-corrected chi connectivity index (χ4v) is 1.92. The zero-order valence-electron chi connectivity index (χ0n) is 10.2. The quantitative estimate of drug-likeness (QED) is 0.822. The Kier molecular flexibility index (Phi) is 2.62. The number of rotatable bonds is 4. The van der Waals surface area contributed by atoms with Gasteiger partial charge in [0.25, 0.3) is 0 Å². The Morgan fingerprint density at radius 2 is 2.28 bits per heavy atom. The van der Waals surface area contributed by atoms with E-state index in [1.54, 1.807) is 7.11 Å². The summed E-state index contributed by atoms with van der Waals surface area (Å²) in [6, 6.07) is 5.50. The lowest BCUT2D eigenvalue weighted by atomic mass is 10.1. The van der Waals surface area contributed by atoms with Crippen LogP contribution < -0.4 is 10.5 Å². The lowest BCUT2D eigenvalue weighted by Crippen LogP contribution is -2.05. The standard InChI is InChI=1S/C12H15N5O/c1-18-9-4-5-11(13)10(6-9)12-14-15-16-17(12)7-8-2-3-8/h4-6,8H,2-3,7,13H2,1H3. The first kappa shape index (κ1) is 11.0. The van der Waals surface area contributed by atoms with Crippen LogP contribution in [-0.4, -0.2) is 27.3 Å². The Morgan fingerprint density at radius 3 is 3.00 bits per heavy atom. The van der Waals surface area contributed by atoms with Gasteiger partial charge in [-0.1, -0.05) is 0 Å². The zero-order chi connectivity index (χ0) is 12.5. The van der Waals surface area contributed by atoms with Gasteiger partial charge in [0.05, 0.1) is 7.11 Å². The van der Waals surface area contributed by atoms with Gasteiger partial charge in [-0.05, 0) is 47.4 Å². The number of aromatic nitrogens is 4. The summed E-state index contributed by atoms with van der Waals surface area (Å²) in [5.41, 5.74) is 7.46. The van der Waals surface area contributed by atoms with Crippen molar-refractivity contribution in [3.05, 3.63) is 18.2 Å². The Bertz CT molecular complexity index is 561. The van der Waals surface area contributed by atoms with Crippen LogP contribution in [-0.2, 0) is 6.54 Å². The van der Waals surface area contributed by atoms with Gasteiger partial charge in [0, 0.05) is 17.8 Å². The van der Waals surface area contributed by atoms with Crippen LogP contribution in [0.15, 0.2) is 18.2 Å². The van der Waals surface area contributed by atoms with Crippen molar-refractivity contribution in [1.82, 2.24) is 20.2 Å². The number of nitrogen functional groups attached to an aromatic ring is 1. The van der Waals surface area contributed by atoms with Crippen molar-refractivity contribution in [2.45, 2.75) is 19.4 Å². The fraction of sp³-hybridized carbons (Fsp3) is 0.417. The maximum absolute atomic E-state index is 5.99. The molecule has 0 atom stereocenters. The molecule has 1 saturated carbocycles. The van der Waals surface area contributed by atoms with Gasteiger partial charge < -0.3 is 10.5 Å². The number of anilines is 1. The molecule has 1 aromatic carbocycles. The van der Waals surface area contributed by atoms with Crippen LogP contribution in [0.3, 0.4) is 0 Å². The zero-order valence-corrected chi connectivity index (χ0v) is 10.2. The van der Waals surface area contributed by atoms with Crippen molar-refractivity contribution in [3.8, 4) is 17.1 Å². The molecule has 3 rings (SSSR count). The third-order valence-electron chi connectivity index (χ3n) is 3.16. The number of hydrogen-bond donors (Lipinski definition) is 1. The van der Waals surface area contributed by atoms with Gasteiger partial charge in [-0.15, -0.1) is 5.10 Å². The first-order chi connectivity index (χ1) is 8.78. The molecule has 2 aromatic rings. The topological polar surface area (TPSA) is 78.8 Å². The van der Waals surface area contributed by atoms with Crippen LogP contribution >= 0.6 is 0 Å². The van der Waals surface area contributed by atoms with Gasteiger partial charge in [0.1, 0.15) is 5.75 Å². The predicted molar refractivity (Wildman–Crippen MR) is 66.9 cm³/mol. The minimum Gasteiger partial charge on any atom is -0.497 e. The van der Waals surface area contributed by atoms with Crippen LogP contribution in [0.1, 0.15) is 12.8 Å². The second kappa shape index (κ2) is 4.29. The van der Waals surface area contributed by atoms with Crippen molar-refractivity contribution in [3.63, 3.8) is 0 Å². The normalized spacial score (nSPS) is 14.7. The van der Waals surface area contributed by atoms with Gasteiger partial charge in [-0.25, -0.2) is 4.68 Å². The highest BCUT2D eigenvalue weighted by molar-refractivity contribution is 5.73. The minimum absolute atomic E-state index is 0.655. The highest BCUT2D eigenvalue weighted by Crippen LogP contribution is 2.33. The molecule has 0 amide bonds. The first-order valence-corrected chi connectivity index (χ1v) is 5.98. The highest BCUT2D eigenvalue weighted by Gasteiger charge is 2.24. The second-order valence-corrected chi connectivity index (χ2v) is 4.58. The Morgan fingerprint density at radius 1 is 1.44 bits per heavy atom. The molecule has 0 radical (unpaired) electrons. The Balaban J connectivity index is 2.00. The van der Waals surface area contributed by atoms with Crippen molar-refractivity contribution in [2.24, 2.45) is 5.92 Å². The van der Waals surface area contributed by atoms with Crippen molar-refractivity contribution in [1.29, 1.82) is 0 Å². The number of methoxy groups -OCH3 is 1. The van der Waals surface area contributed by atoms with Gasteiger partial charge >= 0.3 is 0 Å². The van der Waals surface area contributed by atoms with Crippen molar-refractivity contribution in [2.75, 3.05) is 12.8 Å². The average molecular weight is 245 g/mol. The van der Waals surface area contributed by atoms with E-state index in [1.165, 1.54) is 12.8 Å². The Labute approximate surface area is 105 Å². The summed E-state index contributed by atoms with van der Waals surface area (Å²) in [4.78, 5) is 0. The molecular formula is C12H15N5O. The number of tetrazole rings is 1.